The van der Waals surface area contributed by atoms with E-state index in [9.17, 15) is 0 Å². The van der Waals surface area contributed by atoms with Crippen LogP contribution in [-0.2, 0) is 0 Å². The first-order valence-corrected chi connectivity index (χ1v) is 9.49. The first kappa shape index (κ1) is 17.4. The Morgan fingerprint density at radius 3 is 2.59 bits per heavy atom. The number of ether oxygens (including phenoxy) is 1. The Morgan fingerprint density at radius 2 is 1.79 bits per heavy atom. The number of nitrogens with zero attached hydrogens (tertiary/aromatic N) is 6. The van der Waals surface area contributed by atoms with Gasteiger partial charge in [0.2, 0.25) is 0 Å². The van der Waals surface area contributed by atoms with Crippen LogP contribution in [0.5, 0.6) is 5.75 Å². The molecule has 4 heterocycles. The van der Waals surface area contributed by atoms with E-state index in [0.717, 1.165) is 60.2 Å². The van der Waals surface area contributed by atoms with E-state index in [-0.39, 0.29) is 0 Å². The number of methoxy groups -OCH3 is 1. The number of benzene rings is 1. The molecular formula is C21H20N6O2. The molecule has 0 bridgehead atoms. The molecule has 1 aromatic carbocycles. The Balaban J connectivity index is 1.47. The lowest BCUT2D eigenvalue weighted by Crippen LogP contribution is -2.47. The van der Waals surface area contributed by atoms with Gasteiger partial charge < -0.3 is 19.1 Å². The number of rotatable bonds is 4. The predicted octanol–water partition coefficient (Wildman–Crippen LogP) is 3.02. The molecular weight excluding hydrogens is 368 g/mol. The lowest BCUT2D eigenvalue weighted by atomic mass is 10.1. The Morgan fingerprint density at radius 1 is 0.931 bits per heavy atom. The molecule has 0 atom stereocenters. The zero-order valence-corrected chi connectivity index (χ0v) is 16.0. The minimum Gasteiger partial charge on any atom is -0.497 e. The Labute approximate surface area is 167 Å². The summed E-state index contributed by atoms with van der Waals surface area (Å²) < 4.78 is 10.9. The van der Waals surface area contributed by atoms with E-state index in [4.69, 9.17) is 9.26 Å². The second kappa shape index (κ2) is 7.38. The van der Waals surface area contributed by atoms with E-state index in [1.54, 1.807) is 7.11 Å². The first-order chi connectivity index (χ1) is 14.3. The smallest absolute Gasteiger partial charge is 0.263 e. The van der Waals surface area contributed by atoms with Crippen molar-refractivity contribution in [3.63, 3.8) is 0 Å². The van der Waals surface area contributed by atoms with Crippen LogP contribution >= 0.6 is 0 Å². The summed E-state index contributed by atoms with van der Waals surface area (Å²) in [5.41, 5.74) is 2.12. The topological polar surface area (TPSA) is 80.4 Å². The van der Waals surface area contributed by atoms with Crippen LogP contribution in [-0.4, -0.2) is 53.4 Å². The van der Waals surface area contributed by atoms with Crippen molar-refractivity contribution in [3.8, 4) is 17.0 Å². The van der Waals surface area contributed by atoms with Crippen molar-refractivity contribution in [2.24, 2.45) is 0 Å². The summed E-state index contributed by atoms with van der Waals surface area (Å²) in [6.07, 6.45) is 3.36. The molecule has 146 valence electrons. The number of piperazine rings is 1. The number of pyridine rings is 1. The summed E-state index contributed by atoms with van der Waals surface area (Å²) in [4.78, 5) is 17.8. The minimum atomic E-state index is 0.486. The predicted molar refractivity (Wildman–Crippen MR) is 110 cm³/mol. The van der Waals surface area contributed by atoms with Gasteiger partial charge >= 0.3 is 0 Å². The normalized spacial score (nSPS) is 14.4. The van der Waals surface area contributed by atoms with E-state index >= 15 is 0 Å². The average Bonchev–Trinajstić information content (AvgIpc) is 3.24. The largest absolute Gasteiger partial charge is 0.497 e. The maximum atomic E-state index is 5.51. The summed E-state index contributed by atoms with van der Waals surface area (Å²) in [6, 6.07) is 13.7. The molecule has 0 amide bonds. The second-order valence-corrected chi connectivity index (χ2v) is 6.80. The fourth-order valence-corrected chi connectivity index (χ4v) is 3.67. The molecule has 5 rings (SSSR count). The Kier molecular flexibility index (Phi) is 4.44. The standard InChI is InChI=1S/C21H20N6O2/c1-28-16-6-4-5-15(13-16)19-18-20(23-14-24-21(18)29-25-19)27-11-9-26(10-12-27)17-7-2-3-8-22-17/h2-8,13-14H,9-12H2,1H3. The Hall–Kier alpha value is -3.68. The first-order valence-electron chi connectivity index (χ1n) is 9.49. The van der Waals surface area contributed by atoms with Gasteiger partial charge in [-0.15, -0.1) is 0 Å². The molecule has 4 aromatic rings. The summed E-state index contributed by atoms with van der Waals surface area (Å²) >= 11 is 0. The van der Waals surface area contributed by atoms with Crippen molar-refractivity contribution in [2.45, 2.75) is 0 Å². The van der Waals surface area contributed by atoms with Crippen molar-refractivity contribution >= 4 is 22.7 Å². The van der Waals surface area contributed by atoms with Gasteiger partial charge in [0.1, 0.15) is 34.8 Å². The summed E-state index contributed by atoms with van der Waals surface area (Å²) in [5.74, 6) is 2.61. The molecule has 0 unspecified atom stereocenters. The molecule has 8 nitrogen and oxygen atoms in total. The zero-order valence-electron chi connectivity index (χ0n) is 16.0. The van der Waals surface area contributed by atoms with Crippen LogP contribution in [0.3, 0.4) is 0 Å². The molecule has 0 saturated carbocycles. The summed E-state index contributed by atoms with van der Waals surface area (Å²) in [7, 11) is 1.65. The average molecular weight is 388 g/mol. The fraction of sp³-hybridized carbons (Fsp3) is 0.238. The lowest BCUT2D eigenvalue weighted by molar-refractivity contribution is 0.415. The van der Waals surface area contributed by atoms with Gasteiger partial charge in [0.25, 0.3) is 5.71 Å². The van der Waals surface area contributed by atoms with Crippen LogP contribution in [0, 0.1) is 0 Å². The van der Waals surface area contributed by atoms with Gasteiger partial charge in [0, 0.05) is 37.9 Å². The van der Waals surface area contributed by atoms with Crippen molar-refractivity contribution in [3.05, 3.63) is 55.0 Å². The van der Waals surface area contributed by atoms with E-state index in [1.807, 2.05) is 48.7 Å². The maximum absolute atomic E-state index is 5.51. The molecule has 8 heteroatoms. The molecule has 0 radical (unpaired) electrons. The van der Waals surface area contributed by atoms with Crippen molar-refractivity contribution < 1.29 is 9.26 Å². The highest BCUT2D eigenvalue weighted by Crippen LogP contribution is 2.34. The van der Waals surface area contributed by atoms with Gasteiger partial charge in [-0.2, -0.15) is 4.98 Å². The van der Waals surface area contributed by atoms with Gasteiger partial charge in [0.05, 0.1) is 7.11 Å². The molecule has 1 fully saturated rings. The van der Waals surface area contributed by atoms with E-state index in [0.29, 0.717) is 5.71 Å². The number of hydrogen-bond donors (Lipinski definition) is 0. The highest BCUT2D eigenvalue weighted by Gasteiger charge is 2.24. The third kappa shape index (κ3) is 3.22. The van der Waals surface area contributed by atoms with Crippen LogP contribution in [0.4, 0.5) is 11.6 Å². The quantitative estimate of drug-likeness (QED) is 0.528. The molecule has 0 spiro atoms. The molecule has 0 aliphatic carbocycles. The number of fused-ring (bicyclic) bond motifs is 1. The summed E-state index contributed by atoms with van der Waals surface area (Å²) in [6.45, 7) is 3.38. The lowest BCUT2D eigenvalue weighted by Gasteiger charge is -2.36. The SMILES string of the molecule is COc1cccc(-c2noc3ncnc(N4CCN(c5ccccn5)CC4)c23)c1. The molecule has 0 N–H and O–H groups in total. The van der Waals surface area contributed by atoms with Gasteiger partial charge in [-0.05, 0) is 24.3 Å². The van der Waals surface area contributed by atoms with Crippen molar-refractivity contribution in [1.82, 2.24) is 20.1 Å². The summed E-state index contributed by atoms with van der Waals surface area (Å²) in [5, 5.41) is 5.10. The molecule has 1 aliphatic rings. The van der Waals surface area contributed by atoms with Crippen LogP contribution in [0.2, 0.25) is 0 Å². The monoisotopic (exact) mass is 388 g/mol. The number of aromatic nitrogens is 4. The number of hydrogen-bond acceptors (Lipinski definition) is 8. The van der Waals surface area contributed by atoms with Crippen molar-refractivity contribution in [2.75, 3.05) is 43.1 Å². The molecule has 3 aromatic heterocycles. The van der Waals surface area contributed by atoms with Crippen LogP contribution < -0.4 is 14.5 Å². The van der Waals surface area contributed by atoms with Crippen molar-refractivity contribution in [1.29, 1.82) is 0 Å². The van der Waals surface area contributed by atoms with Gasteiger partial charge in [-0.1, -0.05) is 23.4 Å². The molecule has 1 aliphatic heterocycles. The zero-order chi connectivity index (χ0) is 19.6. The second-order valence-electron chi connectivity index (χ2n) is 6.80. The van der Waals surface area contributed by atoms with Crippen LogP contribution in [0.1, 0.15) is 0 Å². The third-order valence-electron chi connectivity index (χ3n) is 5.15. The molecule has 1 saturated heterocycles. The number of anilines is 2. The van der Waals surface area contributed by atoms with Gasteiger partial charge in [0.15, 0.2) is 0 Å². The highest BCUT2D eigenvalue weighted by molar-refractivity contribution is 5.98. The maximum Gasteiger partial charge on any atom is 0.263 e. The van der Waals surface area contributed by atoms with E-state index < -0.39 is 0 Å². The van der Waals surface area contributed by atoms with E-state index in [2.05, 4.69) is 29.9 Å². The van der Waals surface area contributed by atoms with Gasteiger partial charge in [-0.3, -0.25) is 0 Å². The Bertz CT molecular complexity index is 1120. The molecule has 29 heavy (non-hydrogen) atoms. The third-order valence-corrected chi connectivity index (χ3v) is 5.15. The van der Waals surface area contributed by atoms with E-state index in [1.165, 1.54) is 6.33 Å². The van der Waals surface area contributed by atoms with Crippen LogP contribution in [0.25, 0.3) is 22.4 Å². The fourth-order valence-electron chi connectivity index (χ4n) is 3.67. The highest BCUT2D eigenvalue weighted by atomic mass is 16.5. The minimum absolute atomic E-state index is 0.486. The van der Waals surface area contributed by atoms with Gasteiger partial charge in [-0.25, -0.2) is 9.97 Å². The van der Waals surface area contributed by atoms with Crippen LogP contribution in [0.15, 0.2) is 59.5 Å².